The third-order valence-corrected chi connectivity index (χ3v) is 4.40. The van der Waals surface area contributed by atoms with Crippen molar-refractivity contribution in [2.75, 3.05) is 13.1 Å². The number of rotatable bonds is 6. The molecule has 0 radical (unpaired) electrons. The Bertz CT molecular complexity index is 1090. The van der Waals surface area contributed by atoms with Gasteiger partial charge in [0.15, 0.2) is 5.65 Å². The molecule has 2 heterocycles. The average Bonchev–Trinajstić information content (AvgIpc) is 3.07. The second-order valence-electron chi connectivity index (χ2n) is 8.11. The van der Waals surface area contributed by atoms with Crippen LogP contribution < -0.4 is 10.6 Å². The number of alkyl carbamates (subject to hydrolysis) is 1. The number of benzene rings is 1. The molecule has 3 rings (SSSR count). The van der Waals surface area contributed by atoms with Gasteiger partial charge in [-0.15, -0.1) is 0 Å². The van der Waals surface area contributed by atoms with Crippen LogP contribution in [0.1, 0.15) is 37.6 Å². The van der Waals surface area contributed by atoms with E-state index in [1.807, 2.05) is 0 Å². The van der Waals surface area contributed by atoms with E-state index < -0.39 is 11.7 Å². The van der Waals surface area contributed by atoms with Crippen LogP contribution in [0.15, 0.2) is 36.5 Å². The molecule has 9 heteroatoms. The minimum Gasteiger partial charge on any atom is -0.444 e. The van der Waals surface area contributed by atoms with Gasteiger partial charge in [0.2, 0.25) is 0 Å². The van der Waals surface area contributed by atoms with E-state index in [0.29, 0.717) is 47.4 Å². The van der Waals surface area contributed by atoms with E-state index in [4.69, 9.17) is 4.74 Å². The van der Waals surface area contributed by atoms with Crippen LogP contribution in [0.5, 0.6) is 0 Å². The maximum atomic E-state index is 13.3. The van der Waals surface area contributed by atoms with Crippen LogP contribution in [0.4, 0.5) is 9.18 Å². The van der Waals surface area contributed by atoms with Crippen molar-refractivity contribution in [3.8, 4) is 11.3 Å². The quantitative estimate of drug-likeness (QED) is 0.588. The number of amides is 2. The van der Waals surface area contributed by atoms with Crippen LogP contribution in [0.3, 0.4) is 0 Å². The number of nitrogens with one attached hydrogen (secondary N) is 2. The number of carbonyl (C=O) groups is 2. The van der Waals surface area contributed by atoms with Gasteiger partial charge in [-0.25, -0.2) is 14.2 Å². The fourth-order valence-corrected chi connectivity index (χ4v) is 2.96. The van der Waals surface area contributed by atoms with Crippen molar-refractivity contribution in [3.05, 3.63) is 47.9 Å². The van der Waals surface area contributed by atoms with E-state index >= 15 is 0 Å². The first-order chi connectivity index (χ1) is 14.6. The van der Waals surface area contributed by atoms with Crippen LogP contribution in [-0.4, -0.2) is 45.5 Å². The van der Waals surface area contributed by atoms with Gasteiger partial charge in [-0.3, -0.25) is 9.48 Å². The first-order valence-corrected chi connectivity index (χ1v) is 9.98. The molecule has 2 aromatic heterocycles. The summed E-state index contributed by atoms with van der Waals surface area (Å²) < 4.78 is 20.0. The minimum atomic E-state index is -0.559. The number of hydrogen-bond acceptors (Lipinski definition) is 5. The standard InChI is InChI=1S/C22H26FN5O3/c1-22(2,3)31-21(30)25-11-5-10-24-20(29)16-12-18(14-6-8-15(23)9-7-14)27-19-17(16)13-26-28(19)4/h6-9,12-13H,5,10-11H2,1-4H3,(H,24,29)(H,25,30). The Hall–Kier alpha value is -3.49. The smallest absolute Gasteiger partial charge is 0.407 e. The molecule has 1 aromatic carbocycles. The molecule has 8 nitrogen and oxygen atoms in total. The van der Waals surface area contributed by atoms with Gasteiger partial charge in [0.05, 0.1) is 22.8 Å². The number of ether oxygens (including phenoxy) is 1. The Morgan fingerprint density at radius 2 is 1.81 bits per heavy atom. The molecule has 164 valence electrons. The van der Waals surface area contributed by atoms with Gasteiger partial charge in [-0.2, -0.15) is 5.10 Å². The van der Waals surface area contributed by atoms with Crippen molar-refractivity contribution in [3.63, 3.8) is 0 Å². The van der Waals surface area contributed by atoms with E-state index in [2.05, 4.69) is 20.7 Å². The maximum absolute atomic E-state index is 13.3. The Balaban J connectivity index is 1.68. The lowest BCUT2D eigenvalue weighted by Gasteiger charge is -2.19. The summed E-state index contributed by atoms with van der Waals surface area (Å²) in [7, 11) is 1.74. The zero-order valence-corrected chi connectivity index (χ0v) is 18.0. The van der Waals surface area contributed by atoms with Crippen LogP contribution >= 0.6 is 0 Å². The fraction of sp³-hybridized carbons (Fsp3) is 0.364. The van der Waals surface area contributed by atoms with E-state index in [9.17, 15) is 14.0 Å². The Labute approximate surface area is 179 Å². The molecule has 0 atom stereocenters. The molecule has 0 aliphatic heterocycles. The highest BCUT2D eigenvalue weighted by atomic mass is 19.1. The number of halogens is 1. The third-order valence-electron chi connectivity index (χ3n) is 4.40. The summed E-state index contributed by atoms with van der Waals surface area (Å²) in [5.74, 6) is -0.621. The zero-order valence-electron chi connectivity index (χ0n) is 18.0. The normalized spacial score (nSPS) is 11.4. The largest absolute Gasteiger partial charge is 0.444 e. The highest BCUT2D eigenvalue weighted by molar-refractivity contribution is 6.06. The lowest BCUT2D eigenvalue weighted by atomic mass is 10.1. The molecular weight excluding hydrogens is 401 g/mol. The molecule has 3 aromatic rings. The Kier molecular flexibility index (Phi) is 6.53. The summed E-state index contributed by atoms with van der Waals surface area (Å²) in [6.07, 6.45) is 1.64. The molecule has 0 spiro atoms. The van der Waals surface area contributed by atoms with Crippen molar-refractivity contribution in [2.24, 2.45) is 7.05 Å². The number of hydrogen-bond donors (Lipinski definition) is 2. The molecule has 0 aliphatic carbocycles. The molecule has 0 fully saturated rings. The summed E-state index contributed by atoms with van der Waals surface area (Å²) >= 11 is 0. The number of fused-ring (bicyclic) bond motifs is 1. The van der Waals surface area contributed by atoms with Crippen LogP contribution in [0.2, 0.25) is 0 Å². The van der Waals surface area contributed by atoms with Gasteiger partial charge in [0.1, 0.15) is 11.4 Å². The number of carbonyl (C=O) groups excluding carboxylic acids is 2. The number of aryl methyl sites for hydroxylation is 1. The molecule has 0 saturated carbocycles. The summed E-state index contributed by atoms with van der Waals surface area (Å²) in [6, 6.07) is 7.60. The molecule has 2 amide bonds. The second kappa shape index (κ2) is 9.11. The van der Waals surface area contributed by atoms with Gasteiger partial charge < -0.3 is 15.4 Å². The molecule has 0 bridgehead atoms. The lowest BCUT2D eigenvalue weighted by Crippen LogP contribution is -2.34. The van der Waals surface area contributed by atoms with E-state index in [1.165, 1.54) is 12.1 Å². The fourth-order valence-electron chi connectivity index (χ4n) is 2.96. The second-order valence-corrected chi connectivity index (χ2v) is 8.11. The van der Waals surface area contributed by atoms with Crippen LogP contribution in [0.25, 0.3) is 22.3 Å². The van der Waals surface area contributed by atoms with Crippen molar-refractivity contribution >= 4 is 23.0 Å². The lowest BCUT2D eigenvalue weighted by molar-refractivity contribution is 0.0527. The molecule has 31 heavy (non-hydrogen) atoms. The van der Waals surface area contributed by atoms with Crippen molar-refractivity contribution in [1.29, 1.82) is 0 Å². The maximum Gasteiger partial charge on any atom is 0.407 e. The van der Waals surface area contributed by atoms with Gasteiger partial charge in [0, 0.05) is 25.7 Å². The molecular formula is C22H26FN5O3. The molecule has 0 saturated heterocycles. The molecule has 2 N–H and O–H groups in total. The summed E-state index contributed by atoms with van der Waals surface area (Å²) in [5.41, 5.74) is 1.67. The highest BCUT2D eigenvalue weighted by Gasteiger charge is 2.17. The van der Waals surface area contributed by atoms with Crippen molar-refractivity contribution in [2.45, 2.75) is 32.8 Å². The Morgan fingerprint density at radius 3 is 2.48 bits per heavy atom. The minimum absolute atomic E-state index is 0.277. The van der Waals surface area contributed by atoms with Crippen LogP contribution in [-0.2, 0) is 11.8 Å². The number of nitrogens with zero attached hydrogens (tertiary/aromatic N) is 3. The SMILES string of the molecule is Cn1ncc2c(C(=O)NCCCNC(=O)OC(C)(C)C)cc(-c3ccc(F)cc3)nc21. The first kappa shape index (κ1) is 22.2. The summed E-state index contributed by atoms with van der Waals surface area (Å²) in [5, 5.41) is 10.3. The average molecular weight is 427 g/mol. The molecule has 0 aliphatic rings. The van der Waals surface area contributed by atoms with E-state index in [1.54, 1.807) is 56.9 Å². The summed E-state index contributed by atoms with van der Waals surface area (Å²) in [4.78, 5) is 29.1. The van der Waals surface area contributed by atoms with Gasteiger partial charge in [0.25, 0.3) is 5.91 Å². The topological polar surface area (TPSA) is 98.1 Å². The number of aromatic nitrogens is 3. The monoisotopic (exact) mass is 427 g/mol. The highest BCUT2D eigenvalue weighted by Crippen LogP contribution is 2.24. The van der Waals surface area contributed by atoms with Crippen LogP contribution in [0, 0.1) is 5.82 Å². The third kappa shape index (κ3) is 5.78. The first-order valence-electron chi connectivity index (χ1n) is 9.98. The Morgan fingerprint density at radius 1 is 1.13 bits per heavy atom. The zero-order chi connectivity index (χ0) is 22.6. The van der Waals surface area contributed by atoms with E-state index in [-0.39, 0.29) is 11.7 Å². The molecule has 0 unspecified atom stereocenters. The van der Waals surface area contributed by atoms with Gasteiger partial charge in [-0.05, 0) is 57.5 Å². The van der Waals surface area contributed by atoms with Crippen molar-refractivity contribution < 1.29 is 18.7 Å². The van der Waals surface area contributed by atoms with Crippen molar-refractivity contribution in [1.82, 2.24) is 25.4 Å². The summed E-state index contributed by atoms with van der Waals surface area (Å²) in [6.45, 7) is 6.11. The van der Waals surface area contributed by atoms with Gasteiger partial charge >= 0.3 is 6.09 Å². The predicted molar refractivity (Wildman–Crippen MR) is 115 cm³/mol. The van der Waals surface area contributed by atoms with E-state index in [0.717, 1.165) is 0 Å². The number of pyridine rings is 1. The van der Waals surface area contributed by atoms with Gasteiger partial charge in [-0.1, -0.05) is 0 Å². The predicted octanol–water partition coefficient (Wildman–Crippen LogP) is 3.42.